The monoisotopic (exact) mass is 368 g/mol. The van der Waals surface area contributed by atoms with E-state index in [0.717, 1.165) is 31.4 Å². The molecule has 2 fully saturated rings. The number of rotatable bonds is 5. The molecule has 6 nitrogen and oxygen atoms in total. The van der Waals surface area contributed by atoms with Crippen molar-refractivity contribution < 1.29 is 19.5 Å². The lowest BCUT2D eigenvalue weighted by atomic mass is 9.82. The zero-order valence-corrected chi connectivity index (χ0v) is 15.1. The van der Waals surface area contributed by atoms with Crippen LogP contribution in [0.5, 0.6) is 0 Å². The number of benzene rings is 1. The van der Waals surface area contributed by atoms with Crippen LogP contribution in [-0.4, -0.2) is 34.3 Å². The van der Waals surface area contributed by atoms with Crippen LogP contribution in [0.3, 0.4) is 0 Å². The van der Waals surface area contributed by atoms with Crippen LogP contribution in [0.1, 0.15) is 31.2 Å². The highest BCUT2D eigenvalue weighted by Gasteiger charge is 2.51. The van der Waals surface area contributed by atoms with E-state index in [2.05, 4.69) is 5.32 Å². The Labute approximate surface area is 158 Å². The first-order valence-electron chi connectivity index (χ1n) is 9.61. The molecular formula is C21H24N2O4. The Kier molecular flexibility index (Phi) is 4.72. The van der Waals surface area contributed by atoms with Crippen molar-refractivity contribution in [2.45, 2.75) is 32.2 Å². The van der Waals surface area contributed by atoms with E-state index < -0.39 is 17.8 Å². The van der Waals surface area contributed by atoms with E-state index in [9.17, 15) is 19.5 Å². The number of carboxylic acid groups (broad SMARTS) is 1. The topological polar surface area (TPSA) is 86.7 Å². The summed E-state index contributed by atoms with van der Waals surface area (Å²) in [4.78, 5) is 38.3. The Morgan fingerprint density at radius 3 is 2.67 bits per heavy atom. The van der Waals surface area contributed by atoms with Gasteiger partial charge in [0.2, 0.25) is 11.8 Å². The zero-order chi connectivity index (χ0) is 19.0. The molecule has 1 saturated carbocycles. The summed E-state index contributed by atoms with van der Waals surface area (Å²) in [7, 11) is 0. The van der Waals surface area contributed by atoms with Gasteiger partial charge in [0.1, 0.15) is 0 Å². The van der Waals surface area contributed by atoms with E-state index in [1.54, 1.807) is 6.07 Å². The van der Waals surface area contributed by atoms with Gasteiger partial charge in [-0.05, 0) is 48.8 Å². The molecule has 0 unspecified atom stereocenters. The number of nitrogens with zero attached hydrogens (tertiary/aromatic N) is 1. The number of carbonyl (C=O) groups is 3. The number of carboxylic acids is 1. The van der Waals surface area contributed by atoms with Crippen LogP contribution >= 0.6 is 0 Å². The van der Waals surface area contributed by atoms with Gasteiger partial charge < -0.3 is 15.3 Å². The van der Waals surface area contributed by atoms with E-state index in [1.807, 2.05) is 35.3 Å². The number of piperidine rings is 1. The third-order valence-electron chi connectivity index (χ3n) is 6.04. The highest BCUT2D eigenvalue weighted by Crippen LogP contribution is 2.48. The predicted molar refractivity (Wildman–Crippen MR) is 99.7 cm³/mol. The lowest BCUT2D eigenvalue weighted by molar-refractivity contribution is -0.146. The van der Waals surface area contributed by atoms with Crippen molar-refractivity contribution in [2.75, 3.05) is 11.9 Å². The molecule has 0 aromatic heterocycles. The highest BCUT2D eigenvalue weighted by atomic mass is 16.4. The van der Waals surface area contributed by atoms with Crippen molar-refractivity contribution >= 4 is 23.5 Å². The molecule has 0 radical (unpaired) electrons. The van der Waals surface area contributed by atoms with E-state index >= 15 is 0 Å². The normalized spacial score (nSPS) is 29.2. The minimum absolute atomic E-state index is 0.00486. The first-order valence-corrected chi connectivity index (χ1v) is 9.61. The molecule has 1 heterocycles. The predicted octanol–water partition coefficient (Wildman–Crippen LogP) is 2.66. The number of carbonyl (C=O) groups excluding carboxylic acids is 2. The van der Waals surface area contributed by atoms with Gasteiger partial charge >= 0.3 is 5.97 Å². The molecule has 1 saturated heterocycles. The number of fused-ring (bicyclic) bond motifs is 2. The Balaban J connectivity index is 1.45. The summed E-state index contributed by atoms with van der Waals surface area (Å²) in [5, 5.41) is 12.4. The fraction of sp³-hybridized carbons (Fsp3) is 0.476. The van der Waals surface area contributed by atoms with Gasteiger partial charge in [0.05, 0.1) is 11.8 Å². The van der Waals surface area contributed by atoms with Gasteiger partial charge in [0.25, 0.3) is 0 Å². The smallest absolute Gasteiger partial charge is 0.307 e. The third-order valence-corrected chi connectivity index (χ3v) is 6.04. The van der Waals surface area contributed by atoms with Gasteiger partial charge in [0.15, 0.2) is 0 Å². The number of hydrogen-bond donors (Lipinski definition) is 2. The van der Waals surface area contributed by atoms with Gasteiger partial charge in [-0.15, -0.1) is 0 Å². The largest absolute Gasteiger partial charge is 0.481 e. The summed E-state index contributed by atoms with van der Waals surface area (Å²) in [5.41, 5.74) is 1.61. The summed E-state index contributed by atoms with van der Waals surface area (Å²) in [6.45, 7) is 1.31. The lowest BCUT2D eigenvalue weighted by Crippen LogP contribution is -2.36. The van der Waals surface area contributed by atoms with Gasteiger partial charge in [-0.2, -0.15) is 0 Å². The Morgan fingerprint density at radius 1 is 1.15 bits per heavy atom. The van der Waals surface area contributed by atoms with Gasteiger partial charge in [-0.1, -0.05) is 24.3 Å². The van der Waals surface area contributed by atoms with Crippen LogP contribution in [-0.2, 0) is 20.9 Å². The Hall–Kier alpha value is -2.63. The third kappa shape index (κ3) is 3.48. The summed E-state index contributed by atoms with van der Waals surface area (Å²) in [6, 6.07) is 7.48. The Bertz CT molecular complexity index is 803. The number of anilines is 1. The summed E-state index contributed by atoms with van der Waals surface area (Å²) < 4.78 is 0. The standard InChI is InChI=1S/C21H24N2O4/c24-17-6-1-2-9-23(17)12-13-4-3-5-16(10-13)22-20(25)18-14-7-8-15(11-14)19(18)21(26)27/h3-5,7-8,10,14-15,18-19H,1-2,6,9,11-12H2,(H,22,25)(H,26,27)/t14-,15-,18-,19-/m0/s1. The molecule has 27 heavy (non-hydrogen) atoms. The molecule has 6 heteroatoms. The SMILES string of the molecule is O=C(O)[C@@H]1[C@@H](C(=O)Nc2cccc(CN3CCCCC3=O)c2)[C@H]2C=C[C@H]1C2. The molecule has 1 aromatic rings. The van der Waals surface area contributed by atoms with Crippen molar-refractivity contribution in [3.8, 4) is 0 Å². The summed E-state index contributed by atoms with van der Waals surface area (Å²) >= 11 is 0. The van der Waals surface area contributed by atoms with E-state index in [4.69, 9.17) is 0 Å². The lowest BCUT2D eigenvalue weighted by Gasteiger charge is -2.27. The molecule has 2 bridgehead atoms. The molecule has 4 rings (SSSR count). The molecule has 2 N–H and O–H groups in total. The van der Waals surface area contributed by atoms with Crippen molar-refractivity contribution in [1.29, 1.82) is 0 Å². The van der Waals surface area contributed by atoms with Crippen LogP contribution in [0, 0.1) is 23.7 Å². The first kappa shape index (κ1) is 17.8. The molecule has 0 spiro atoms. The molecule has 2 amide bonds. The first-order chi connectivity index (χ1) is 13.0. The van der Waals surface area contributed by atoms with Crippen LogP contribution in [0.2, 0.25) is 0 Å². The molecule has 4 atom stereocenters. The molecule has 3 aliphatic rings. The quantitative estimate of drug-likeness (QED) is 0.783. The maximum absolute atomic E-state index is 12.8. The number of hydrogen-bond acceptors (Lipinski definition) is 3. The average Bonchev–Trinajstić information content (AvgIpc) is 3.25. The van der Waals surface area contributed by atoms with Crippen molar-refractivity contribution in [3.63, 3.8) is 0 Å². The fourth-order valence-corrected chi connectivity index (χ4v) is 4.74. The average molecular weight is 368 g/mol. The number of amides is 2. The van der Waals surface area contributed by atoms with Crippen molar-refractivity contribution in [2.24, 2.45) is 23.7 Å². The molecular weight excluding hydrogens is 344 g/mol. The molecule has 1 aromatic carbocycles. The van der Waals surface area contributed by atoms with Crippen molar-refractivity contribution in [1.82, 2.24) is 4.90 Å². The van der Waals surface area contributed by atoms with Crippen LogP contribution in [0.15, 0.2) is 36.4 Å². The minimum atomic E-state index is -0.899. The molecule has 1 aliphatic heterocycles. The van der Waals surface area contributed by atoms with Gasteiger partial charge in [-0.3, -0.25) is 14.4 Å². The number of allylic oxidation sites excluding steroid dienone is 2. The van der Waals surface area contributed by atoms with Crippen LogP contribution in [0.4, 0.5) is 5.69 Å². The van der Waals surface area contributed by atoms with E-state index in [1.165, 1.54) is 0 Å². The van der Waals surface area contributed by atoms with E-state index in [-0.39, 0.29) is 23.7 Å². The molecule has 142 valence electrons. The maximum atomic E-state index is 12.8. The maximum Gasteiger partial charge on any atom is 0.307 e. The number of likely N-dealkylation sites (tertiary alicyclic amines) is 1. The molecule has 2 aliphatic carbocycles. The Morgan fingerprint density at radius 2 is 1.93 bits per heavy atom. The van der Waals surface area contributed by atoms with Crippen molar-refractivity contribution in [3.05, 3.63) is 42.0 Å². The minimum Gasteiger partial charge on any atom is -0.481 e. The van der Waals surface area contributed by atoms with Gasteiger partial charge in [-0.25, -0.2) is 0 Å². The van der Waals surface area contributed by atoms with Gasteiger partial charge in [0, 0.05) is 25.2 Å². The summed E-state index contributed by atoms with van der Waals surface area (Å²) in [5.74, 6) is -2.16. The highest BCUT2D eigenvalue weighted by molar-refractivity contribution is 5.96. The van der Waals surface area contributed by atoms with Crippen LogP contribution < -0.4 is 5.32 Å². The summed E-state index contributed by atoms with van der Waals surface area (Å²) in [6.07, 6.45) is 7.23. The second-order valence-electron chi connectivity index (χ2n) is 7.80. The fourth-order valence-electron chi connectivity index (χ4n) is 4.74. The second-order valence-corrected chi connectivity index (χ2v) is 7.80. The zero-order valence-electron chi connectivity index (χ0n) is 15.1. The van der Waals surface area contributed by atoms with E-state index in [0.29, 0.717) is 18.7 Å². The second kappa shape index (κ2) is 7.18. The van der Waals surface area contributed by atoms with Crippen LogP contribution in [0.25, 0.3) is 0 Å². The number of nitrogens with one attached hydrogen (secondary N) is 1. The number of aliphatic carboxylic acids is 1.